The van der Waals surface area contributed by atoms with Gasteiger partial charge in [-0.1, -0.05) is 34.7 Å². The SMILES string of the molecule is CC(C)(C)NC(=O)NC(=O)CSc1nn(-c2ccc(Cl)cc2)c(=S)s1. The summed E-state index contributed by atoms with van der Waals surface area (Å²) in [5.41, 5.74) is 0.389. The number of imide groups is 1. The number of amides is 3. The van der Waals surface area contributed by atoms with Crippen LogP contribution >= 0.6 is 46.9 Å². The third-order valence-electron chi connectivity index (χ3n) is 2.67. The number of thioether (sulfide) groups is 1. The minimum Gasteiger partial charge on any atom is -0.333 e. The lowest BCUT2D eigenvalue weighted by molar-refractivity contribution is -0.117. The number of hydrogen-bond acceptors (Lipinski definition) is 6. The van der Waals surface area contributed by atoms with Crippen molar-refractivity contribution in [2.24, 2.45) is 0 Å². The molecule has 1 aromatic carbocycles. The van der Waals surface area contributed by atoms with Crippen LogP contribution in [0.5, 0.6) is 0 Å². The van der Waals surface area contributed by atoms with E-state index in [1.165, 1.54) is 23.1 Å². The number of benzene rings is 1. The molecule has 0 aliphatic heterocycles. The summed E-state index contributed by atoms with van der Waals surface area (Å²) in [6.45, 7) is 5.51. The Hall–Kier alpha value is -1.42. The summed E-state index contributed by atoms with van der Waals surface area (Å²) in [5, 5.41) is 9.97. The standard InChI is InChI=1S/C15H17ClN4O2S3/c1-15(2,3)18-12(22)17-11(21)8-24-13-19-20(14(23)25-13)10-6-4-9(16)5-7-10/h4-7H,8H2,1-3H3,(H2,17,18,21,22). The molecule has 2 aromatic rings. The summed E-state index contributed by atoms with van der Waals surface area (Å²) < 4.78 is 2.82. The van der Waals surface area contributed by atoms with Crippen LogP contribution in [0.25, 0.3) is 5.69 Å². The molecule has 10 heteroatoms. The molecule has 2 N–H and O–H groups in total. The summed E-state index contributed by atoms with van der Waals surface area (Å²) in [6, 6.07) is 6.63. The van der Waals surface area contributed by atoms with Gasteiger partial charge in [0.2, 0.25) is 5.91 Å². The average Bonchev–Trinajstić information content (AvgIpc) is 2.85. The topological polar surface area (TPSA) is 76.0 Å². The first kappa shape index (κ1) is 19.9. The molecule has 0 aliphatic carbocycles. The van der Waals surface area contributed by atoms with E-state index in [-0.39, 0.29) is 5.75 Å². The normalized spacial score (nSPS) is 11.2. The summed E-state index contributed by atoms with van der Waals surface area (Å²) in [5.74, 6) is -0.327. The highest BCUT2D eigenvalue weighted by atomic mass is 35.5. The van der Waals surface area contributed by atoms with E-state index in [1.807, 2.05) is 32.9 Å². The number of aromatic nitrogens is 2. The van der Waals surface area contributed by atoms with Crippen molar-refractivity contribution in [3.05, 3.63) is 33.2 Å². The number of nitrogens with zero attached hydrogens (tertiary/aromatic N) is 2. The van der Waals surface area contributed by atoms with Crippen LogP contribution < -0.4 is 10.6 Å². The Balaban J connectivity index is 1.95. The fourth-order valence-corrected chi connectivity index (χ4v) is 4.01. The van der Waals surface area contributed by atoms with Crippen LogP contribution in [0.15, 0.2) is 28.6 Å². The Bertz CT molecular complexity index is 825. The molecule has 0 unspecified atom stereocenters. The van der Waals surface area contributed by atoms with Crippen molar-refractivity contribution >= 4 is 58.9 Å². The van der Waals surface area contributed by atoms with Gasteiger partial charge in [0.1, 0.15) is 0 Å². The van der Waals surface area contributed by atoms with Gasteiger partial charge in [0, 0.05) is 10.6 Å². The lowest BCUT2D eigenvalue weighted by atomic mass is 10.1. The quantitative estimate of drug-likeness (QED) is 0.581. The third-order valence-corrected chi connectivity index (χ3v) is 5.29. The molecule has 0 saturated carbocycles. The van der Waals surface area contributed by atoms with Gasteiger partial charge in [-0.15, -0.1) is 5.10 Å². The first-order valence-corrected chi connectivity index (χ1v) is 9.84. The van der Waals surface area contributed by atoms with Crippen LogP contribution in [0, 0.1) is 3.95 Å². The van der Waals surface area contributed by atoms with E-state index in [0.717, 1.165) is 5.69 Å². The maximum Gasteiger partial charge on any atom is 0.321 e. The number of urea groups is 1. The van der Waals surface area contributed by atoms with E-state index in [1.54, 1.807) is 16.8 Å². The number of carbonyl (C=O) groups excluding carboxylic acids is 2. The second-order valence-corrected chi connectivity index (χ2v) is 9.34. The van der Waals surface area contributed by atoms with Gasteiger partial charge in [0.15, 0.2) is 8.29 Å². The van der Waals surface area contributed by atoms with Crippen LogP contribution in [-0.2, 0) is 4.79 Å². The molecule has 1 heterocycles. The van der Waals surface area contributed by atoms with Gasteiger partial charge in [0.25, 0.3) is 0 Å². The van der Waals surface area contributed by atoms with Crippen molar-refractivity contribution in [2.45, 2.75) is 30.6 Å². The van der Waals surface area contributed by atoms with Crippen LogP contribution in [0.2, 0.25) is 5.02 Å². The van der Waals surface area contributed by atoms with Gasteiger partial charge in [-0.2, -0.15) is 0 Å². The molecule has 0 bridgehead atoms. The first-order chi connectivity index (χ1) is 11.6. The summed E-state index contributed by atoms with van der Waals surface area (Å²) in [4.78, 5) is 23.5. The molecule has 25 heavy (non-hydrogen) atoms. The van der Waals surface area contributed by atoms with Crippen molar-refractivity contribution in [2.75, 3.05) is 5.75 Å². The summed E-state index contributed by atoms with van der Waals surface area (Å²) in [6.07, 6.45) is 0. The Morgan fingerprint density at radius 1 is 1.32 bits per heavy atom. The highest BCUT2D eigenvalue weighted by Crippen LogP contribution is 2.24. The van der Waals surface area contributed by atoms with E-state index in [4.69, 9.17) is 23.8 Å². The molecule has 0 spiro atoms. The van der Waals surface area contributed by atoms with Crippen LogP contribution in [0.3, 0.4) is 0 Å². The molecule has 0 aliphatic rings. The van der Waals surface area contributed by atoms with Crippen LogP contribution in [0.4, 0.5) is 4.79 Å². The summed E-state index contributed by atoms with van der Waals surface area (Å²) in [7, 11) is 0. The molecule has 134 valence electrons. The second-order valence-electron chi connectivity index (χ2n) is 6.06. The zero-order chi connectivity index (χ0) is 18.6. The predicted molar refractivity (Wildman–Crippen MR) is 104 cm³/mol. The van der Waals surface area contributed by atoms with E-state index in [2.05, 4.69) is 15.7 Å². The Morgan fingerprint density at radius 3 is 2.56 bits per heavy atom. The minimum absolute atomic E-state index is 0.0699. The zero-order valence-electron chi connectivity index (χ0n) is 13.8. The highest BCUT2D eigenvalue weighted by molar-refractivity contribution is 8.01. The molecule has 2 rings (SSSR count). The predicted octanol–water partition coefficient (Wildman–Crippen LogP) is 4.03. The van der Waals surface area contributed by atoms with Gasteiger partial charge in [-0.25, -0.2) is 9.48 Å². The Labute approximate surface area is 164 Å². The first-order valence-electron chi connectivity index (χ1n) is 7.25. The molecule has 0 fully saturated rings. The Morgan fingerprint density at radius 2 is 1.96 bits per heavy atom. The number of carbonyl (C=O) groups is 2. The van der Waals surface area contributed by atoms with Crippen LogP contribution in [-0.4, -0.2) is 33.0 Å². The zero-order valence-corrected chi connectivity index (χ0v) is 17.0. The van der Waals surface area contributed by atoms with Gasteiger partial charge < -0.3 is 5.32 Å². The van der Waals surface area contributed by atoms with Crippen molar-refractivity contribution < 1.29 is 9.59 Å². The molecule has 1 aromatic heterocycles. The molecular weight excluding hydrogens is 400 g/mol. The molecule has 3 amide bonds. The number of nitrogens with one attached hydrogen (secondary N) is 2. The van der Waals surface area contributed by atoms with E-state index < -0.39 is 17.5 Å². The highest BCUT2D eigenvalue weighted by Gasteiger charge is 2.16. The van der Waals surface area contributed by atoms with E-state index >= 15 is 0 Å². The molecule has 0 saturated heterocycles. The third kappa shape index (κ3) is 6.43. The van der Waals surface area contributed by atoms with E-state index in [0.29, 0.717) is 13.3 Å². The van der Waals surface area contributed by atoms with Crippen LogP contribution in [0.1, 0.15) is 20.8 Å². The molecule has 0 radical (unpaired) electrons. The fourth-order valence-electron chi connectivity index (χ4n) is 1.73. The van der Waals surface area contributed by atoms with E-state index in [9.17, 15) is 9.59 Å². The number of hydrogen-bond donors (Lipinski definition) is 2. The largest absolute Gasteiger partial charge is 0.333 e. The lowest BCUT2D eigenvalue weighted by Crippen LogP contribution is -2.48. The van der Waals surface area contributed by atoms with Crippen molar-refractivity contribution in [1.29, 1.82) is 0 Å². The van der Waals surface area contributed by atoms with Gasteiger partial charge in [0.05, 0.1) is 11.4 Å². The van der Waals surface area contributed by atoms with Crippen molar-refractivity contribution in [1.82, 2.24) is 20.4 Å². The van der Waals surface area contributed by atoms with Gasteiger partial charge >= 0.3 is 6.03 Å². The number of halogens is 1. The molecule has 0 atom stereocenters. The maximum atomic E-state index is 11.8. The second kappa shape index (κ2) is 8.31. The monoisotopic (exact) mass is 416 g/mol. The van der Waals surface area contributed by atoms with Gasteiger partial charge in [-0.05, 0) is 57.3 Å². The fraction of sp³-hybridized carbons (Fsp3) is 0.333. The summed E-state index contributed by atoms with van der Waals surface area (Å²) >= 11 is 13.7. The maximum absolute atomic E-state index is 11.8. The van der Waals surface area contributed by atoms with Crippen molar-refractivity contribution in [3.8, 4) is 5.69 Å². The lowest BCUT2D eigenvalue weighted by Gasteiger charge is -2.20. The minimum atomic E-state index is -0.516. The number of rotatable bonds is 4. The average molecular weight is 417 g/mol. The van der Waals surface area contributed by atoms with Crippen molar-refractivity contribution in [3.63, 3.8) is 0 Å². The smallest absolute Gasteiger partial charge is 0.321 e. The molecule has 6 nitrogen and oxygen atoms in total. The molecular formula is C15H17ClN4O2S3. The van der Waals surface area contributed by atoms with Gasteiger partial charge in [-0.3, -0.25) is 10.1 Å². The Kier molecular flexibility index (Phi) is 6.61.